The van der Waals surface area contributed by atoms with Gasteiger partial charge in [-0.1, -0.05) is 26.3 Å². The highest BCUT2D eigenvalue weighted by Crippen LogP contribution is 2.17. The Balaban J connectivity index is 2.75. The number of anilines is 2. The van der Waals surface area contributed by atoms with Gasteiger partial charge in [0, 0.05) is 5.69 Å². The molecule has 1 atom stereocenters. The average Bonchev–Trinajstić information content (AvgIpc) is 2.38. The van der Waals surface area contributed by atoms with Crippen LogP contribution < -0.4 is 15.8 Å². The summed E-state index contributed by atoms with van der Waals surface area (Å²) in [5.74, 6) is -0.212. The smallest absolute Gasteiger partial charge is 0.241 e. The zero-order chi connectivity index (χ0) is 15.9. The molecule has 0 aromatic heterocycles. The lowest BCUT2D eigenvalue weighted by molar-refractivity contribution is -0.117. The molecule has 0 saturated heterocycles. The topological polar surface area (TPSA) is 101 Å². The molecule has 1 aromatic rings. The van der Waals surface area contributed by atoms with Gasteiger partial charge in [-0.15, -0.1) is 0 Å². The average molecular weight is 313 g/mol. The van der Waals surface area contributed by atoms with Crippen LogP contribution in [0.15, 0.2) is 24.3 Å². The van der Waals surface area contributed by atoms with Gasteiger partial charge in [-0.3, -0.25) is 9.52 Å². The molecule has 1 rings (SSSR count). The van der Waals surface area contributed by atoms with E-state index in [4.69, 9.17) is 5.73 Å². The molecule has 1 amide bonds. The summed E-state index contributed by atoms with van der Waals surface area (Å²) in [5.41, 5.74) is 6.67. The van der Waals surface area contributed by atoms with Crippen molar-refractivity contribution in [2.45, 2.75) is 39.2 Å². The molecule has 0 aliphatic heterocycles. The first-order valence-electron chi connectivity index (χ1n) is 7.05. The molecule has 0 bridgehead atoms. The second-order valence-electron chi connectivity index (χ2n) is 4.89. The Morgan fingerprint density at radius 1 is 1.24 bits per heavy atom. The fraction of sp³-hybridized carbons (Fsp3) is 0.500. The standard InChI is InChI=1S/C14H23N3O3S/c1-3-6-13(15)14(18)16-11-7-5-8-12(10-11)17-21(19,20)9-4-2/h5,7-8,10,13,17H,3-4,6,9,15H2,1-2H3,(H,16,18). The Kier molecular flexibility index (Phi) is 6.64. The number of sulfonamides is 1. The van der Waals surface area contributed by atoms with Crippen LogP contribution in [0.5, 0.6) is 0 Å². The second kappa shape index (κ2) is 7.99. The third-order valence-electron chi connectivity index (χ3n) is 2.81. The van der Waals surface area contributed by atoms with Crippen LogP contribution in [-0.4, -0.2) is 26.1 Å². The van der Waals surface area contributed by atoms with Crippen LogP contribution >= 0.6 is 0 Å². The number of rotatable bonds is 8. The van der Waals surface area contributed by atoms with Gasteiger partial charge in [-0.25, -0.2) is 8.42 Å². The van der Waals surface area contributed by atoms with Crippen LogP contribution in [0, 0.1) is 0 Å². The van der Waals surface area contributed by atoms with Crippen molar-refractivity contribution in [2.24, 2.45) is 5.73 Å². The number of hydrogen-bond donors (Lipinski definition) is 3. The normalized spacial score (nSPS) is 12.7. The monoisotopic (exact) mass is 313 g/mol. The number of nitrogens with two attached hydrogens (primary N) is 1. The first-order valence-corrected chi connectivity index (χ1v) is 8.70. The highest BCUT2D eigenvalue weighted by molar-refractivity contribution is 7.92. The molecule has 118 valence electrons. The SMILES string of the molecule is CCCC(N)C(=O)Nc1cccc(NS(=O)(=O)CCC)c1. The Morgan fingerprint density at radius 2 is 1.90 bits per heavy atom. The molecule has 0 radical (unpaired) electrons. The van der Waals surface area contributed by atoms with Gasteiger partial charge in [0.1, 0.15) is 0 Å². The lowest BCUT2D eigenvalue weighted by Crippen LogP contribution is -2.35. The number of carbonyl (C=O) groups excluding carboxylic acids is 1. The van der Waals surface area contributed by atoms with Gasteiger partial charge in [0.05, 0.1) is 17.5 Å². The highest BCUT2D eigenvalue weighted by Gasteiger charge is 2.13. The fourth-order valence-electron chi connectivity index (χ4n) is 1.84. The summed E-state index contributed by atoms with van der Waals surface area (Å²) in [6.07, 6.45) is 1.97. The van der Waals surface area contributed by atoms with Crippen molar-refractivity contribution in [3.63, 3.8) is 0 Å². The number of benzene rings is 1. The minimum absolute atomic E-state index is 0.0605. The summed E-state index contributed by atoms with van der Waals surface area (Å²) in [6, 6.07) is 6.01. The Morgan fingerprint density at radius 3 is 2.52 bits per heavy atom. The van der Waals surface area contributed by atoms with E-state index in [-0.39, 0.29) is 11.7 Å². The lowest BCUT2D eigenvalue weighted by Gasteiger charge is -2.12. The quantitative estimate of drug-likeness (QED) is 0.682. The van der Waals surface area contributed by atoms with Crippen LogP contribution in [0.4, 0.5) is 11.4 Å². The molecule has 0 heterocycles. The zero-order valence-electron chi connectivity index (χ0n) is 12.4. The minimum atomic E-state index is -3.34. The molecule has 1 unspecified atom stereocenters. The molecule has 7 heteroatoms. The van der Waals surface area contributed by atoms with E-state index in [1.54, 1.807) is 31.2 Å². The lowest BCUT2D eigenvalue weighted by atomic mass is 10.1. The van der Waals surface area contributed by atoms with E-state index in [1.807, 2.05) is 6.92 Å². The first-order chi connectivity index (χ1) is 9.88. The van der Waals surface area contributed by atoms with Gasteiger partial charge in [-0.05, 0) is 31.0 Å². The molecule has 21 heavy (non-hydrogen) atoms. The van der Waals surface area contributed by atoms with Crippen molar-refractivity contribution in [2.75, 3.05) is 15.8 Å². The molecule has 0 aliphatic carbocycles. The molecule has 0 spiro atoms. The Labute approximate surface area is 126 Å². The molecule has 0 fully saturated rings. The van der Waals surface area contributed by atoms with E-state index in [2.05, 4.69) is 10.0 Å². The van der Waals surface area contributed by atoms with Gasteiger partial charge in [0.2, 0.25) is 15.9 Å². The summed E-state index contributed by atoms with van der Waals surface area (Å²) in [7, 11) is -3.34. The van der Waals surface area contributed by atoms with Gasteiger partial charge < -0.3 is 11.1 Å². The van der Waals surface area contributed by atoms with E-state index in [9.17, 15) is 13.2 Å². The van der Waals surface area contributed by atoms with Gasteiger partial charge in [-0.2, -0.15) is 0 Å². The van der Waals surface area contributed by atoms with E-state index in [0.717, 1.165) is 6.42 Å². The van der Waals surface area contributed by atoms with Crippen LogP contribution in [0.1, 0.15) is 33.1 Å². The predicted molar refractivity (Wildman–Crippen MR) is 85.7 cm³/mol. The van der Waals surface area contributed by atoms with Crippen molar-refractivity contribution in [1.82, 2.24) is 0 Å². The van der Waals surface area contributed by atoms with E-state index >= 15 is 0 Å². The zero-order valence-corrected chi connectivity index (χ0v) is 13.2. The number of carbonyl (C=O) groups is 1. The number of hydrogen-bond acceptors (Lipinski definition) is 4. The van der Waals surface area contributed by atoms with E-state index in [0.29, 0.717) is 24.2 Å². The fourth-order valence-corrected chi connectivity index (χ4v) is 2.96. The van der Waals surface area contributed by atoms with Crippen LogP contribution in [0.25, 0.3) is 0 Å². The molecule has 0 aliphatic rings. The van der Waals surface area contributed by atoms with Crippen LogP contribution in [0.2, 0.25) is 0 Å². The van der Waals surface area contributed by atoms with Crippen molar-refractivity contribution in [1.29, 1.82) is 0 Å². The largest absolute Gasteiger partial charge is 0.325 e. The maximum Gasteiger partial charge on any atom is 0.241 e. The second-order valence-corrected chi connectivity index (χ2v) is 6.73. The summed E-state index contributed by atoms with van der Waals surface area (Å²) >= 11 is 0. The van der Waals surface area contributed by atoms with Gasteiger partial charge in [0.25, 0.3) is 0 Å². The number of amides is 1. The minimum Gasteiger partial charge on any atom is -0.325 e. The van der Waals surface area contributed by atoms with Crippen LogP contribution in [-0.2, 0) is 14.8 Å². The molecular weight excluding hydrogens is 290 g/mol. The van der Waals surface area contributed by atoms with E-state index in [1.165, 1.54) is 0 Å². The summed E-state index contributed by atoms with van der Waals surface area (Å²) in [6.45, 7) is 3.75. The third kappa shape index (κ3) is 6.14. The van der Waals surface area contributed by atoms with Crippen molar-refractivity contribution < 1.29 is 13.2 Å². The summed E-state index contributed by atoms with van der Waals surface area (Å²) in [5, 5.41) is 2.69. The molecule has 4 N–H and O–H groups in total. The van der Waals surface area contributed by atoms with E-state index < -0.39 is 16.1 Å². The third-order valence-corrected chi connectivity index (χ3v) is 4.31. The molecule has 1 aromatic carbocycles. The highest BCUT2D eigenvalue weighted by atomic mass is 32.2. The Hall–Kier alpha value is -1.60. The van der Waals surface area contributed by atoms with Crippen molar-refractivity contribution in [3.05, 3.63) is 24.3 Å². The summed E-state index contributed by atoms with van der Waals surface area (Å²) in [4.78, 5) is 11.8. The first kappa shape index (κ1) is 17.5. The van der Waals surface area contributed by atoms with Crippen LogP contribution in [0.3, 0.4) is 0 Å². The molecular formula is C14H23N3O3S. The Bertz CT molecular complexity index is 573. The van der Waals surface area contributed by atoms with Gasteiger partial charge in [0.15, 0.2) is 0 Å². The number of nitrogens with one attached hydrogen (secondary N) is 2. The maximum absolute atomic E-state index is 11.8. The van der Waals surface area contributed by atoms with Crippen molar-refractivity contribution in [3.8, 4) is 0 Å². The molecule has 6 nitrogen and oxygen atoms in total. The maximum atomic E-state index is 11.8. The van der Waals surface area contributed by atoms with Gasteiger partial charge >= 0.3 is 0 Å². The van der Waals surface area contributed by atoms with Crippen molar-refractivity contribution >= 4 is 27.3 Å². The summed E-state index contributed by atoms with van der Waals surface area (Å²) < 4.78 is 25.9. The molecule has 0 saturated carbocycles. The predicted octanol–water partition coefficient (Wildman–Crippen LogP) is 1.90.